The second-order valence-electron chi connectivity index (χ2n) is 5.22. The first-order valence-corrected chi connectivity index (χ1v) is 7.57. The summed E-state index contributed by atoms with van der Waals surface area (Å²) in [6, 6.07) is 8.54. The summed E-state index contributed by atoms with van der Waals surface area (Å²) >= 11 is 0. The van der Waals surface area contributed by atoms with Crippen molar-refractivity contribution in [3.8, 4) is 0 Å². The summed E-state index contributed by atoms with van der Waals surface area (Å²) in [4.78, 5) is 35.7. The number of ether oxygens (including phenoxy) is 1. The summed E-state index contributed by atoms with van der Waals surface area (Å²) in [7, 11) is 0. The van der Waals surface area contributed by atoms with E-state index in [9.17, 15) is 14.4 Å². The maximum absolute atomic E-state index is 12.3. The van der Waals surface area contributed by atoms with Gasteiger partial charge < -0.3 is 10.1 Å². The van der Waals surface area contributed by atoms with Gasteiger partial charge in [-0.05, 0) is 51.1 Å². The number of hydrogen-bond donors (Lipinski definition) is 1. The van der Waals surface area contributed by atoms with Crippen LogP contribution >= 0.6 is 0 Å². The zero-order chi connectivity index (χ0) is 17.7. The van der Waals surface area contributed by atoms with Crippen molar-refractivity contribution in [2.24, 2.45) is 0 Å². The maximum atomic E-state index is 12.3. The van der Waals surface area contributed by atoms with Crippen molar-refractivity contribution in [2.45, 2.75) is 26.8 Å². The average Bonchev–Trinajstić information content (AvgIpc) is 2.57. The van der Waals surface area contributed by atoms with E-state index in [1.807, 2.05) is 0 Å². The van der Waals surface area contributed by atoms with E-state index in [0.717, 1.165) is 4.68 Å². The third kappa shape index (κ3) is 4.07. The molecule has 1 N–H and O–H groups in total. The van der Waals surface area contributed by atoms with Gasteiger partial charge in [-0.1, -0.05) is 0 Å². The van der Waals surface area contributed by atoms with Crippen molar-refractivity contribution in [2.75, 3.05) is 11.9 Å². The highest BCUT2D eigenvalue weighted by Crippen LogP contribution is 2.13. The van der Waals surface area contributed by atoms with Gasteiger partial charge in [-0.3, -0.25) is 9.59 Å². The molecule has 0 aliphatic rings. The fraction of sp³-hybridized carbons (Fsp3) is 0.294. The SMILES string of the molecule is CCOC(=O)c1ccc(NC(=O)C(C)n2nc(C)ccc2=O)cc1. The van der Waals surface area contributed by atoms with Gasteiger partial charge in [0.25, 0.3) is 5.56 Å². The van der Waals surface area contributed by atoms with Crippen LogP contribution in [-0.4, -0.2) is 28.3 Å². The molecule has 126 valence electrons. The van der Waals surface area contributed by atoms with Crippen LogP contribution in [0, 0.1) is 6.92 Å². The number of hydrogen-bond acceptors (Lipinski definition) is 5. The molecule has 0 saturated carbocycles. The molecule has 0 saturated heterocycles. The fourth-order valence-electron chi connectivity index (χ4n) is 2.06. The standard InChI is InChI=1S/C17H19N3O4/c1-4-24-17(23)13-6-8-14(9-7-13)18-16(22)12(3)20-15(21)10-5-11(2)19-20/h5-10,12H,4H2,1-3H3,(H,18,22). The van der Waals surface area contributed by atoms with Crippen molar-refractivity contribution in [1.82, 2.24) is 9.78 Å². The lowest BCUT2D eigenvalue weighted by Crippen LogP contribution is -2.33. The van der Waals surface area contributed by atoms with Gasteiger partial charge in [0.05, 0.1) is 17.9 Å². The molecule has 2 aromatic rings. The summed E-state index contributed by atoms with van der Waals surface area (Å²) in [5, 5.41) is 6.77. The van der Waals surface area contributed by atoms with Gasteiger partial charge >= 0.3 is 5.97 Å². The van der Waals surface area contributed by atoms with Crippen LogP contribution in [0.2, 0.25) is 0 Å². The quantitative estimate of drug-likeness (QED) is 0.847. The predicted octanol–water partition coefficient (Wildman–Crippen LogP) is 1.93. The lowest BCUT2D eigenvalue weighted by atomic mass is 10.2. The van der Waals surface area contributed by atoms with Crippen LogP contribution in [0.25, 0.3) is 0 Å². The topological polar surface area (TPSA) is 90.3 Å². The van der Waals surface area contributed by atoms with Gasteiger partial charge in [0.1, 0.15) is 6.04 Å². The summed E-state index contributed by atoms with van der Waals surface area (Å²) in [6.45, 7) is 5.37. The number of aryl methyl sites for hydroxylation is 1. The summed E-state index contributed by atoms with van der Waals surface area (Å²) < 4.78 is 6.03. The first kappa shape index (κ1) is 17.4. The molecule has 1 aromatic carbocycles. The minimum atomic E-state index is -0.762. The second kappa shape index (κ2) is 7.54. The van der Waals surface area contributed by atoms with Gasteiger partial charge in [0.15, 0.2) is 0 Å². The number of aromatic nitrogens is 2. The number of nitrogens with one attached hydrogen (secondary N) is 1. The van der Waals surface area contributed by atoms with Gasteiger partial charge in [-0.2, -0.15) is 5.10 Å². The Labute approximate surface area is 139 Å². The molecule has 1 atom stereocenters. The molecular formula is C17H19N3O4. The summed E-state index contributed by atoms with van der Waals surface area (Å²) in [5.74, 6) is -0.793. The summed E-state index contributed by atoms with van der Waals surface area (Å²) in [5.41, 5.74) is 1.22. The molecule has 1 aromatic heterocycles. The van der Waals surface area contributed by atoms with E-state index in [4.69, 9.17) is 4.74 Å². The van der Waals surface area contributed by atoms with Crippen molar-refractivity contribution < 1.29 is 14.3 Å². The van der Waals surface area contributed by atoms with E-state index >= 15 is 0 Å². The number of anilines is 1. The van der Waals surface area contributed by atoms with E-state index in [-0.39, 0.29) is 11.5 Å². The van der Waals surface area contributed by atoms with Gasteiger partial charge in [0.2, 0.25) is 5.91 Å². The minimum absolute atomic E-state index is 0.299. The fourth-order valence-corrected chi connectivity index (χ4v) is 2.06. The Balaban J connectivity index is 2.10. The molecule has 0 bridgehead atoms. The lowest BCUT2D eigenvalue weighted by Gasteiger charge is -2.14. The Morgan fingerprint density at radius 1 is 1.21 bits per heavy atom. The van der Waals surface area contributed by atoms with Crippen LogP contribution in [0.5, 0.6) is 0 Å². The molecule has 7 heteroatoms. The van der Waals surface area contributed by atoms with Gasteiger partial charge in [0, 0.05) is 11.8 Å². The molecule has 2 rings (SSSR count). The third-order valence-electron chi connectivity index (χ3n) is 3.37. The van der Waals surface area contributed by atoms with Crippen molar-refractivity contribution in [3.63, 3.8) is 0 Å². The van der Waals surface area contributed by atoms with Crippen LogP contribution in [0.4, 0.5) is 5.69 Å². The summed E-state index contributed by atoms with van der Waals surface area (Å²) in [6.07, 6.45) is 0. The molecule has 0 fully saturated rings. The number of benzene rings is 1. The van der Waals surface area contributed by atoms with E-state index < -0.39 is 12.0 Å². The van der Waals surface area contributed by atoms with Crippen molar-refractivity contribution in [3.05, 3.63) is 58.0 Å². The minimum Gasteiger partial charge on any atom is -0.462 e. The Kier molecular flexibility index (Phi) is 5.47. The van der Waals surface area contributed by atoms with Gasteiger partial charge in [-0.25, -0.2) is 9.48 Å². The monoisotopic (exact) mass is 329 g/mol. The van der Waals surface area contributed by atoms with E-state index in [1.165, 1.54) is 6.07 Å². The van der Waals surface area contributed by atoms with Crippen molar-refractivity contribution in [1.29, 1.82) is 0 Å². The molecule has 0 aliphatic carbocycles. The number of esters is 1. The highest BCUT2D eigenvalue weighted by atomic mass is 16.5. The third-order valence-corrected chi connectivity index (χ3v) is 3.37. The van der Waals surface area contributed by atoms with Crippen LogP contribution < -0.4 is 10.9 Å². The van der Waals surface area contributed by atoms with Crippen molar-refractivity contribution >= 4 is 17.6 Å². The number of carbonyl (C=O) groups is 2. The Morgan fingerprint density at radius 2 is 1.88 bits per heavy atom. The number of amides is 1. The van der Waals surface area contributed by atoms with Crippen LogP contribution in [0.15, 0.2) is 41.2 Å². The molecule has 1 heterocycles. The maximum Gasteiger partial charge on any atom is 0.338 e. The Bertz CT molecular complexity index is 796. The highest BCUT2D eigenvalue weighted by Gasteiger charge is 2.17. The molecule has 0 spiro atoms. The molecular weight excluding hydrogens is 310 g/mol. The largest absolute Gasteiger partial charge is 0.462 e. The smallest absolute Gasteiger partial charge is 0.338 e. The first-order valence-electron chi connectivity index (χ1n) is 7.57. The zero-order valence-electron chi connectivity index (χ0n) is 13.8. The molecule has 0 aliphatic heterocycles. The predicted molar refractivity (Wildman–Crippen MR) is 89.0 cm³/mol. The number of carbonyl (C=O) groups excluding carboxylic acids is 2. The molecule has 24 heavy (non-hydrogen) atoms. The number of rotatable bonds is 5. The van der Waals surface area contributed by atoms with Crippen LogP contribution in [-0.2, 0) is 9.53 Å². The molecule has 0 radical (unpaired) electrons. The second-order valence-corrected chi connectivity index (χ2v) is 5.22. The van der Waals surface area contributed by atoms with E-state index in [0.29, 0.717) is 23.6 Å². The molecule has 1 amide bonds. The lowest BCUT2D eigenvalue weighted by molar-refractivity contribution is -0.119. The highest BCUT2D eigenvalue weighted by molar-refractivity contribution is 5.94. The zero-order valence-corrected chi connectivity index (χ0v) is 13.8. The van der Waals surface area contributed by atoms with Crippen LogP contribution in [0.1, 0.15) is 35.9 Å². The first-order chi connectivity index (χ1) is 11.4. The van der Waals surface area contributed by atoms with Gasteiger partial charge in [-0.15, -0.1) is 0 Å². The normalized spacial score (nSPS) is 11.6. The molecule has 7 nitrogen and oxygen atoms in total. The molecule has 1 unspecified atom stereocenters. The Morgan fingerprint density at radius 3 is 2.50 bits per heavy atom. The Hall–Kier alpha value is -2.96. The van der Waals surface area contributed by atoms with E-state index in [2.05, 4.69) is 10.4 Å². The van der Waals surface area contributed by atoms with E-state index in [1.54, 1.807) is 51.1 Å². The number of nitrogens with zero attached hydrogens (tertiary/aromatic N) is 2. The average molecular weight is 329 g/mol. The van der Waals surface area contributed by atoms with Crippen LogP contribution in [0.3, 0.4) is 0 Å².